The summed E-state index contributed by atoms with van der Waals surface area (Å²) < 4.78 is 77.6. The summed E-state index contributed by atoms with van der Waals surface area (Å²) in [5, 5.41) is 2.05. The van der Waals surface area contributed by atoms with E-state index in [0.29, 0.717) is 25.3 Å². The fourth-order valence-corrected chi connectivity index (χ4v) is 5.64. The van der Waals surface area contributed by atoms with Crippen LogP contribution in [0.15, 0.2) is 64.3 Å². The molecule has 1 N–H and O–H groups in total. The van der Waals surface area contributed by atoms with Crippen molar-refractivity contribution in [2.24, 2.45) is 0 Å². The molecule has 43 heavy (non-hydrogen) atoms. The third-order valence-electron chi connectivity index (χ3n) is 7.17. The number of ether oxygens (including phenoxy) is 2. The molecule has 9 nitrogen and oxygen atoms in total. The molecule has 1 aliphatic heterocycles. The number of pyridine rings is 1. The van der Waals surface area contributed by atoms with Crippen molar-refractivity contribution in [1.29, 1.82) is 0 Å². The first-order valence-corrected chi connectivity index (χ1v) is 15.3. The number of alkyl halides is 3. The minimum Gasteiger partial charge on any atom is -0.490 e. The van der Waals surface area contributed by atoms with Crippen molar-refractivity contribution in [1.82, 2.24) is 14.8 Å². The van der Waals surface area contributed by atoms with Crippen LogP contribution in [0.25, 0.3) is 5.69 Å². The summed E-state index contributed by atoms with van der Waals surface area (Å²) in [5.74, 6) is -0.582. The summed E-state index contributed by atoms with van der Waals surface area (Å²) in [6.45, 7) is 8.10. The van der Waals surface area contributed by atoms with E-state index in [-0.39, 0.29) is 40.7 Å². The first-order valence-electron chi connectivity index (χ1n) is 13.8. The van der Waals surface area contributed by atoms with Crippen LogP contribution in [0.5, 0.6) is 5.75 Å². The monoisotopic (exact) mass is 621 g/mol. The van der Waals surface area contributed by atoms with Gasteiger partial charge in [0.05, 0.1) is 34.6 Å². The van der Waals surface area contributed by atoms with Gasteiger partial charge in [-0.2, -0.15) is 13.2 Å². The van der Waals surface area contributed by atoms with E-state index in [1.54, 1.807) is 32.9 Å². The lowest BCUT2D eigenvalue weighted by Gasteiger charge is -2.26. The Balaban J connectivity index is 1.63. The molecular formula is C30H34F3N3O6S. The van der Waals surface area contributed by atoms with Gasteiger partial charge in [-0.25, -0.2) is 8.42 Å². The maximum atomic E-state index is 13.6. The number of sulfone groups is 1. The molecule has 1 aliphatic rings. The Hall–Kier alpha value is -3.68. The van der Waals surface area contributed by atoms with E-state index in [1.807, 2.05) is 0 Å². The van der Waals surface area contributed by atoms with Crippen molar-refractivity contribution in [3.05, 3.63) is 87.3 Å². The fraction of sp³-hybridized carbons (Fsp3) is 0.400. The normalized spacial score (nSPS) is 14.6. The molecule has 0 atom stereocenters. The van der Waals surface area contributed by atoms with Gasteiger partial charge in [0.25, 0.3) is 11.5 Å². The first-order chi connectivity index (χ1) is 20.3. The van der Waals surface area contributed by atoms with Crippen LogP contribution in [0.2, 0.25) is 0 Å². The van der Waals surface area contributed by atoms with Gasteiger partial charge in [-0.1, -0.05) is 18.2 Å². The van der Waals surface area contributed by atoms with Crippen LogP contribution in [-0.4, -0.2) is 68.5 Å². The van der Waals surface area contributed by atoms with Gasteiger partial charge in [-0.3, -0.25) is 19.1 Å². The van der Waals surface area contributed by atoms with Crippen molar-refractivity contribution in [2.75, 3.05) is 39.5 Å². The lowest BCUT2D eigenvalue weighted by atomic mass is 10.1. The lowest BCUT2D eigenvalue weighted by molar-refractivity contribution is -0.137. The second kappa shape index (κ2) is 13.3. The topological polar surface area (TPSA) is 107 Å². The number of aromatic nitrogens is 1. The van der Waals surface area contributed by atoms with E-state index < -0.39 is 38.3 Å². The van der Waals surface area contributed by atoms with E-state index in [4.69, 9.17) is 9.47 Å². The average molecular weight is 622 g/mol. The minimum atomic E-state index is -4.63. The van der Waals surface area contributed by atoms with Gasteiger partial charge in [0.1, 0.15) is 17.9 Å². The Morgan fingerprint density at radius 3 is 2.37 bits per heavy atom. The van der Waals surface area contributed by atoms with Crippen LogP contribution in [0.3, 0.4) is 0 Å². The number of halogens is 3. The maximum Gasteiger partial charge on any atom is 0.416 e. The Bertz CT molecular complexity index is 1610. The molecule has 0 aliphatic carbocycles. The fourth-order valence-electron chi connectivity index (χ4n) is 4.58. The average Bonchev–Trinajstić information content (AvgIpc) is 2.97. The number of hydrogen-bond acceptors (Lipinski definition) is 7. The van der Waals surface area contributed by atoms with Crippen LogP contribution in [-0.2, 0) is 27.3 Å². The van der Waals surface area contributed by atoms with Crippen molar-refractivity contribution in [3.63, 3.8) is 0 Å². The molecule has 0 saturated carbocycles. The van der Waals surface area contributed by atoms with Crippen molar-refractivity contribution >= 4 is 15.7 Å². The zero-order valence-electron chi connectivity index (χ0n) is 24.1. The highest BCUT2D eigenvalue weighted by molar-refractivity contribution is 7.92. The molecule has 2 heterocycles. The number of carbonyl (C=O) groups excluding carboxylic acids is 1. The highest BCUT2D eigenvalue weighted by Gasteiger charge is 2.31. The minimum absolute atomic E-state index is 0.0229. The Morgan fingerprint density at radius 1 is 1.07 bits per heavy atom. The zero-order valence-corrected chi connectivity index (χ0v) is 24.9. The smallest absolute Gasteiger partial charge is 0.416 e. The SMILES string of the molecule is Cc1c(OCCN2CCOCC2)cc(C(=O)NCc2ccc(S(=O)(=O)C(C)C)cc2)c(=O)n1-c1cccc(C(F)(F)F)c1. The molecule has 0 unspecified atom stereocenters. The lowest BCUT2D eigenvalue weighted by Crippen LogP contribution is -2.39. The van der Waals surface area contributed by atoms with E-state index in [9.17, 15) is 31.2 Å². The number of amides is 1. The number of benzene rings is 2. The van der Waals surface area contributed by atoms with Gasteiger partial charge in [0.2, 0.25) is 0 Å². The highest BCUT2D eigenvalue weighted by atomic mass is 32.2. The number of carbonyl (C=O) groups is 1. The Kier molecular flexibility index (Phi) is 9.98. The molecule has 0 radical (unpaired) electrons. The van der Waals surface area contributed by atoms with Gasteiger partial charge in [0.15, 0.2) is 9.84 Å². The number of rotatable bonds is 10. The van der Waals surface area contributed by atoms with Gasteiger partial charge >= 0.3 is 6.18 Å². The van der Waals surface area contributed by atoms with E-state index in [2.05, 4.69) is 10.2 Å². The summed E-state index contributed by atoms with van der Waals surface area (Å²) in [6, 6.07) is 11.6. The van der Waals surface area contributed by atoms with Crippen molar-refractivity contribution < 1.29 is 35.9 Å². The molecule has 0 spiro atoms. The molecule has 1 amide bonds. The maximum absolute atomic E-state index is 13.6. The standard InChI is InChI=1S/C30H34F3N3O6S/c1-20(2)43(39,40)25-9-7-22(8-10-25)19-34-28(37)26-18-27(42-16-13-35-11-14-41-15-12-35)21(3)36(29(26)38)24-6-4-5-23(17-24)30(31,32)33/h4-10,17-18,20H,11-16,19H2,1-3H3,(H,34,37). The Labute approximate surface area is 248 Å². The van der Waals surface area contributed by atoms with Crippen molar-refractivity contribution in [2.45, 2.75) is 43.6 Å². The molecule has 1 aromatic heterocycles. The Morgan fingerprint density at radius 2 is 1.74 bits per heavy atom. The predicted octanol–water partition coefficient (Wildman–Crippen LogP) is 3.99. The van der Waals surface area contributed by atoms with E-state index in [1.165, 1.54) is 30.3 Å². The second-order valence-electron chi connectivity index (χ2n) is 10.4. The summed E-state index contributed by atoms with van der Waals surface area (Å²) in [4.78, 5) is 29.1. The second-order valence-corrected chi connectivity index (χ2v) is 12.9. The molecule has 1 fully saturated rings. The van der Waals surface area contributed by atoms with Gasteiger partial charge in [-0.15, -0.1) is 0 Å². The predicted molar refractivity (Wildman–Crippen MR) is 154 cm³/mol. The van der Waals surface area contributed by atoms with Gasteiger partial charge in [0, 0.05) is 37.9 Å². The van der Waals surface area contributed by atoms with Gasteiger partial charge in [-0.05, 0) is 56.7 Å². The number of nitrogens with one attached hydrogen (secondary N) is 1. The molecule has 1 saturated heterocycles. The number of nitrogens with zero attached hydrogens (tertiary/aromatic N) is 2. The van der Waals surface area contributed by atoms with E-state index in [0.717, 1.165) is 29.8 Å². The van der Waals surface area contributed by atoms with E-state index >= 15 is 0 Å². The largest absolute Gasteiger partial charge is 0.490 e. The summed E-state index contributed by atoms with van der Waals surface area (Å²) in [5.41, 5.74) is -1.30. The molecule has 3 aromatic rings. The first kappa shape index (κ1) is 32.2. The molecule has 13 heteroatoms. The third kappa shape index (κ3) is 7.64. The molecule has 0 bridgehead atoms. The molecule has 232 valence electrons. The number of morpholine rings is 1. The molecule has 4 rings (SSSR count). The molecular weight excluding hydrogens is 587 g/mol. The highest BCUT2D eigenvalue weighted by Crippen LogP contribution is 2.31. The van der Waals surface area contributed by atoms with Crippen LogP contribution in [0.4, 0.5) is 13.2 Å². The van der Waals surface area contributed by atoms with Gasteiger partial charge < -0.3 is 14.8 Å². The van der Waals surface area contributed by atoms with Crippen LogP contribution in [0, 0.1) is 6.92 Å². The van der Waals surface area contributed by atoms with Crippen LogP contribution >= 0.6 is 0 Å². The van der Waals surface area contributed by atoms with Crippen molar-refractivity contribution in [3.8, 4) is 11.4 Å². The summed E-state index contributed by atoms with van der Waals surface area (Å²) in [7, 11) is -3.47. The molecule has 2 aromatic carbocycles. The quantitative estimate of drug-likeness (QED) is 0.365. The number of hydrogen-bond donors (Lipinski definition) is 1. The van der Waals surface area contributed by atoms with Crippen LogP contribution < -0.4 is 15.6 Å². The zero-order chi connectivity index (χ0) is 31.4. The van der Waals surface area contributed by atoms with Crippen LogP contribution in [0.1, 0.15) is 41.0 Å². The third-order valence-corrected chi connectivity index (χ3v) is 9.34. The summed E-state index contributed by atoms with van der Waals surface area (Å²) in [6.07, 6.45) is -4.63. The summed E-state index contributed by atoms with van der Waals surface area (Å²) >= 11 is 0.